The lowest BCUT2D eigenvalue weighted by Gasteiger charge is -2.31. The standard InChI is InChI=1S/C25H34N2O4S/c1-3-31-24-13-11-22(12-14-24)20(2)26-25(28)23-15-17-27(18-16-23)32(29,30)19-7-10-21-8-5-4-6-9-21/h4-6,8-9,11-14,20,23H,3,7,10,15-19H2,1-2H3,(H,26,28)/t20-/m1/s1. The molecule has 1 aliphatic heterocycles. The zero-order chi connectivity index (χ0) is 23.0. The molecule has 174 valence electrons. The highest BCUT2D eigenvalue weighted by Gasteiger charge is 2.31. The molecule has 2 aromatic rings. The first-order valence-electron chi connectivity index (χ1n) is 11.4. The average molecular weight is 459 g/mol. The zero-order valence-electron chi connectivity index (χ0n) is 19.0. The van der Waals surface area contributed by atoms with E-state index in [4.69, 9.17) is 4.74 Å². The summed E-state index contributed by atoms with van der Waals surface area (Å²) in [7, 11) is -3.29. The largest absolute Gasteiger partial charge is 0.494 e. The maximum atomic E-state index is 12.7. The quantitative estimate of drug-likeness (QED) is 0.585. The van der Waals surface area contributed by atoms with Gasteiger partial charge in [-0.15, -0.1) is 0 Å². The van der Waals surface area contributed by atoms with E-state index in [0.29, 0.717) is 39.0 Å². The Balaban J connectivity index is 1.44. The zero-order valence-corrected chi connectivity index (χ0v) is 19.8. The van der Waals surface area contributed by atoms with Gasteiger partial charge in [-0.05, 0) is 62.8 Å². The molecule has 1 fully saturated rings. The summed E-state index contributed by atoms with van der Waals surface area (Å²) in [6.45, 7) is 5.33. The van der Waals surface area contributed by atoms with E-state index in [0.717, 1.165) is 23.3 Å². The predicted molar refractivity (Wildman–Crippen MR) is 127 cm³/mol. The molecular formula is C25H34N2O4S. The monoisotopic (exact) mass is 458 g/mol. The summed E-state index contributed by atoms with van der Waals surface area (Å²) in [5.74, 6) is 0.795. The first-order valence-corrected chi connectivity index (χ1v) is 13.0. The maximum Gasteiger partial charge on any atom is 0.223 e. The van der Waals surface area contributed by atoms with Gasteiger partial charge in [-0.1, -0.05) is 42.5 Å². The fraction of sp³-hybridized carbons (Fsp3) is 0.480. The number of nitrogens with zero attached hydrogens (tertiary/aromatic N) is 1. The molecule has 0 aliphatic carbocycles. The van der Waals surface area contributed by atoms with Crippen molar-refractivity contribution in [3.05, 3.63) is 65.7 Å². The fourth-order valence-electron chi connectivity index (χ4n) is 4.06. The van der Waals surface area contributed by atoms with Crippen LogP contribution < -0.4 is 10.1 Å². The van der Waals surface area contributed by atoms with Crippen LogP contribution in [-0.4, -0.2) is 44.1 Å². The fourth-order valence-corrected chi connectivity index (χ4v) is 5.60. The van der Waals surface area contributed by atoms with Gasteiger partial charge in [-0.3, -0.25) is 4.79 Å². The molecule has 0 spiro atoms. The van der Waals surface area contributed by atoms with E-state index in [-0.39, 0.29) is 23.6 Å². The van der Waals surface area contributed by atoms with E-state index >= 15 is 0 Å². The molecule has 0 unspecified atom stereocenters. The molecule has 0 radical (unpaired) electrons. The van der Waals surface area contributed by atoms with E-state index in [1.54, 1.807) is 4.31 Å². The Morgan fingerprint density at radius 2 is 1.75 bits per heavy atom. The van der Waals surface area contributed by atoms with Crippen LogP contribution in [0.5, 0.6) is 5.75 Å². The summed E-state index contributed by atoms with van der Waals surface area (Å²) in [6, 6.07) is 17.5. The molecular weight excluding hydrogens is 424 g/mol. The predicted octanol–water partition coefficient (Wildman–Crippen LogP) is 3.94. The highest BCUT2D eigenvalue weighted by atomic mass is 32.2. The minimum Gasteiger partial charge on any atom is -0.494 e. The first-order chi connectivity index (χ1) is 15.4. The summed E-state index contributed by atoms with van der Waals surface area (Å²) in [5, 5.41) is 3.08. The normalized spacial score (nSPS) is 16.4. The molecule has 7 heteroatoms. The molecule has 1 aliphatic rings. The molecule has 1 saturated heterocycles. The Hall–Kier alpha value is -2.38. The van der Waals surface area contributed by atoms with E-state index < -0.39 is 10.0 Å². The highest BCUT2D eigenvalue weighted by Crippen LogP contribution is 2.23. The highest BCUT2D eigenvalue weighted by molar-refractivity contribution is 7.89. The second-order valence-electron chi connectivity index (χ2n) is 8.31. The summed E-state index contributed by atoms with van der Waals surface area (Å²) < 4.78 is 32.4. The number of carbonyl (C=O) groups excluding carboxylic acids is 1. The Kier molecular flexibility index (Phi) is 8.70. The number of piperidine rings is 1. The van der Waals surface area contributed by atoms with Crippen molar-refractivity contribution >= 4 is 15.9 Å². The second kappa shape index (κ2) is 11.5. The van der Waals surface area contributed by atoms with Crippen molar-refractivity contribution in [2.45, 2.75) is 45.6 Å². The lowest BCUT2D eigenvalue weighted by molar-refractivity contribution is -0.126. The van der Waals surface area contributed by atoms with Crippen molar-refractivity contribution < 1.29 is 17.9 Å². The third-order valence-corrected chi connectivity index (χ3v) is 7.94. The van der Waals surface area contributed by atoms with Crippen molar-refractivity contribution in [3.63, 3.8) is 0 Å². The van der Waals surface area contributed by atoms with Crippen LogP contribution in [0.15, 0.2) is 54.6 Å². The van der Waals surface area contributed by atoms with Crippen molar-refractivity contribution in [2.75, 3.05) is 25.4 Å². The topological polar surface area (TPSA) is 75.7 Å². The van der Waals surface area contributed by atoms with Crippen molar-refractivity contribution in [1.82, 2.24) is 9.62 Å². The van der Waals surface area contributed by atoms with E-state index in [2.05, 4.69) is 5.32 Å². The number of hydrogen-bond donors (Lipinski definition) is 1. The first kappa shape index (κ1) is 24.3. The van der Waals surface area contributed by atoms with Crippen LogP contribution in [0, 0.1) is 5.92 Å². The smallest absolute Gasteiger partial charge is 0.223 e. The Morgan fingerprint density at radius 3 is 2.38 bits per heavy atom. The van der Waals surface area contributed by atoms with Crippen molar-refractivity contribution in [2.24, 2.45) is 5.92 Å². The molecule has 1 amide bonds. The summed E-state index contributed by atoms with van der Waals surface area (Å²) in [4.78, 5) is 12.7. The van der Waals surface area contributed by atoms with Gasteiger partial charge in [0.05, 0.1) is 18.4 Å². The number of benzene rings is 2. The van der Waals surface area contributed by atoms with Gasteiger partial charge >= 0.3 is 0 Å². The summed E-state index contributed by atoms with van der Waals surface area (Å²) in [5.41, 5.74) is 2.17. The minimum atomic E-state index is -3.29. The van der Waals surface area contributed by atoms with Crippen LogP contribution in [0.3, 0.4) is 0 Å². The minimum absolute atomic E-state index is 0.00693. The van der Waals surface area contributed by atoms with Gasteiger partial charge in [-0.25, -0.2) is 12.7 Å². The van der Waals surface area contributed by atoms with Gasteiger partial charge in [0, 0.05) is 19.0 Å². The molecule has 1 N–H and O–H groups in total. The molecule has 2 aromatic carbocycles. The number of nitrogens with one attached hydrogen (secondary N) is 1. The molecule has 6 nitrogen and oxygen atoms in total. The number of rotatable bonds is 10. The van der Waals surface area contributed by atoms with Crippen LogP contribution in [0.2, 0.25) is 0 Å². The SMILES string of the molecule is CCOc1ccc([C@@H](C)NC(=O)C2CCN(S(=O)(=O)CCCc3ccccc3)CC2)cc1. The van der Waals surface area contributed by atoms with E-state index in [9.17, 15) is 13.2 Å². The van der Waals surface area contributed by atoms with Gasteiger partial charge in [0.1, 0.15) is 5.75 Å². The molecule has 0 aromatic heterocycles. The Labute approximate surface area is 192 Å². The van der Waals surface area contributed by atoms with Gasteiger partial charge < -0.3 is 10.1 Å². The number of ether oxygens (including phenoxy) is 1. The molecule has 3 rings (SSSR count). The van der Waals surface area contributed by atoms with Crippen LogP contribution in [0.25, 0.3) is 0 Å². The molecule has 0 saturated carbocycles. The molecule has 32 heavy (non-hydrogen) atoms. The van der Waals surface area contributed by atoms with Gasteiger partial charge in [0.15, 0.2) is 0 Å². The molecule has 1 atom stereocenters. The van der Waals surface area contributed by atoms with Crippen LogP contribution in [0.1, 0.15) is 50.3 Å². The number of sulfonamides is 1. The van der Waals surface area contributed by atoms with Gasteiger partial charge in [-0.2, -0.15) is 0 Å². The molecule has 1 heterocycles. The van der Waals surface area contributed by atoms with E-state index in [1.807, 2.05) is 68.4 Å². The summed E-state index contributed by atoms with van der Waals surface area (Å²) in [6.07, 6.45) is 2.47. The third-order valence-electron chi connectivity index (χ3n) is 5.98. The van der Waals surface area contributed by atoms with E-state index in [1.165, 1.54) is 0 Å². The van der Waals surface area contributed by atoms with Crippen molar-refractivity contribution in [3.8, 4) is 5.75 Å². The number of hydrogen-bond acceptors (Lipinski definition) is 4. The lowest BCUT2D eigenvalue weighted by atomic mass is 9.96. The van der Waals surface area contributed by atoms with Crippen LogP contribution >= 0.6 is 0 Å². The maximum absolute atomic E-state index is 12.7. The number of amides is 1. The van der Waals surface area contributed by atoms with Gasteiger partial charge in [0.25, 0.3) is 0 Å². The molecule has 0 bridgehead atoms. The average Bonchev–Trinajstić information content (AvgIpc) is 2.80. The number of carbonyl (C=O) groups is 1. The summed E-state index contributed by atoms with van der Waals surface area (Å²) >= 11 is 0. The Bertz CT molecular complexity index is 953. The lowest BCUT2D eigenvalue weighted by Crippen LogP contribution is -2.44. The van der Waals surface area contributed by atoms with Crippen molar-refractivity contribution in [1.29, 1.82) is 0 Å². The second-order valence-corrected chi connectivity index (χ2v) is 10.4. The van der Waals surface area contributed by atoms with Crippen LogP contribution in [-0.2, 0) is 21.2 Å². The number of aryl methyl sites for hydroxylation is 1. The Morgan fingerprint density at radius 1 is 1.09 bits per heavy atom. The van der Waals surface area contributed by atoms with Gasteiger partial charge in [0.2, 0.25) is 15.9 Å². The third kappa shape index (κ3) is 6.81. The van der Waals surface area contributed by atoms with Crippen LogP contribution in [0.4, 0.5) is 0 Å².